The van der Waals surface area contributed by atoms with E-state index in [1.54, 1.807) is 0 Å². The number of aliphatic hydroxyl groups excluding tert-OH is 1. The highest BCUT2D eigenvalue weighted by atomic mass is 16.5. The predicted octanol–water partition coefficient (Wildman–Crippen LogP) is 5.13. The van der Waals surface area contributed by atoms with Gasteiger partial charge in [0.05, 0.1) is 6.61 Å². The predicted molar refractivity (Wildman–Crippen MR) is 114 cm³/mol. The highest BCUT2D eigenvalue weighted by Crippen LogP contribution is 2.43. The van der Waals surface area contributed by atoms with E-state index in [9.17, 15) is 5.11 Å². The molecule has 0 aliphatic heterocycles. The van der Waals surface area contributed by atoms with Gasteiger partial charge in [-0.05, 0) is 17.5 Å². The first-order chi connectivity index (χ1) is 14.2. The van der Waals surface area contributed by atoms with Crippen LogP contribution in [0.15, 0.2) is 65.3 Å². The molecule has 5 heteroatoms. The highest BCUT2D eigenvalue weighted by molar-refractivity contribution is 6.03. The van der Waals surface area contributed by atoms with Crippen molar-refractivity contribution in [3.8, 4) is 28.3 Å². The maximum Gasteiger partial charge on any atom is 0.234 e. The molecule has 0 aliphatic carbocycles. The molecule has 1 N–H and O–H groups in total. The van der Waals surface area contributed by atoms with Gasteiger partial charge in [0.1, 0.15) is 17.5 Å². The number of aryl methyl sites for hydroxylation is 1. The van der Waals surface area contributed by atoms with Crippen LogP contribution in [0, 0.1) is 5.92 Å². The summed E-state index contributed by atoms with van der Waals surface area (Å²) in [6, 6.07) is 18.4. The number of benzene rings is 2. The van der Waals surface area contributed by atoms with E-state index in [1.165, 1.54) is 11.9 Å². The second kappa shape index (κ2) is 8.45. The van der Waals surface area contributed by atoms with Crippen LogP contribution in [0.2, 0.25) is 0 Å². The summed E-state index contributed by atoms with van der Waals surface area (Å²) in [5.74, 6) is 1.22. The van der Waals surface area contributed by atoms with Gasteiger partial charge in [-0.3, -0.25) is 0 Å². The Morgan fingerprint density at radius 2 is 1.76 bits per heavy atom. The first kappa shape index (κ1) is 19.2. The fourth-order valence-corrected chi connectivity index (χ4v) is 3.27. The standard InChI is InChI=1S/C24H24N2O3/c1-3-17-9-11-18(12-10-17)20-21-23(28-14-16(2)13-27)25-15-26-24(21)29-22(20)19-7-5-4-6-8-19/h4-12,15-16,27H,3,13-14H2,1-2H3/t16-/m1/s1. The fourth-order valence-electron chi connectivity index (χ4n) is 3.27. The summed E-state index contributed by atoms with van der Waals surface area (Å²) in [6.07, 6.45) is 2.43. The van der Waals surface area contributed by atoms with Crippen molar-refractivity contribution in [3.63, 3.8) is 0 Å². The van der Waals surface area contributed by atoms with Crippen molar-refractivity contribution in [3.05, 3.63) is 66.5 Å². The number of aromatic nitrogens is 2. The van der Waals surface area contributed by atoms with Crippen molar-refractivity contribution >= 4 is 11.1 Å². The van der Waals surface area contributed by atoms with Crippen molar-refractivity contribution in [1.29, 1.82) is 0 Å². The van der Waals surface area contributed by atoms with E-state index < -0.39 is 0 Å². The molecule has 5 nitrogen and oxygen atoms in total. The van der Waals surface area contributed by atoms with Crippen LogP contribution in [0.1, 0.15) is 19.4 Å². The number of aliphatic hydroxyl groups is 1. The molecular formula is C24H24N2O3. The average molecular weight is 388 g/mol. The van der Waals surface area contributed by atoms with Gasteiger partial charge in [0, 0.05) is 23.7 Å². The zero-order valence-electron chi connectivity index (χ0n) is 16.6. The highest BCUT2D eigenvalue weighted by Gasteiger charge is 2.23. The minimum atomic E-state index is 0.00722. The van der Waals surface area contributed by atoms with E-state index in [0.29, 0.717) is 18.2 Å². The Morgan fingerprint density at radius 1 is 1.00 bits per heavy atom. The molecule has 2 aromatic carbocycles. The second-order valence-corrected chi connectivity index (χ2v) is 7.18. The Bertz CT molecular complexity index is 1090. The lowest BCUT2D eigenvalue weighted by Gasteiger charge is -2.11. The number of furan rings is 1. The summed E-state index contributed by atoms with van der Waals surface area (Å²) in [5, 5.41) is 10.1. The zero-order chi connectivity index (χ0) is 20.2. The maximum absolute atomic E-state index is 9.33. The molecule has 0 amide bonds. The minimum Gasteiger partial charge on any atom is -0.477 e. The quantitative estimate of drug-likeness (QED) is 0.475. The molecule has 0 bridgehead atoms. The van der Waals surface area contributed by atoms with Crippen LogP contribution in [0.25, 0.3) is 33.6 Å². The number of hydrogen-bond donors (Lipinski definition) is 1. The molecule has 0 unspecified atom stereocenters. The molecule has 2 aromatic heterocycles. The van der Waals surface area contributed by atoms with Gasteiger partial charge in [-0.2, -0.15) is 0 Å². The van der Waals surface area contributed by atoms with Crippen molar-refractivity contribution in [2.75, 3.05) is 13.2 Å². The van der Waals surface area contributed by atoms with E-state index in [1.807, 2.05) is 37.3 Å². The van der Waals surface area contributed by atoms with Gasteiger partial charge in [0.2, 0.25) is 11.6 Å². The summed E-state index contributed by atoms with van der Waals surface area (Å²) in [6.45, 7) is 4.48. The van der Waals surface area contributed by atoms with E-state index in [0.717, 1.165) is 34.3 Å². The lowest BCUT2D eigenvalue weighted by Crippen LogP contribution is -2.13. The van der Waals surface area contributed by atoms with Gasteiger partial charge in [0.25, 0.3) is 0 Å². The molecule has 0 radical (unpaired) electrons. The van der Waals surface area contributed by atoms with E-state index >= 15 is 0 Å². The summed E-state index contributed by atoms with van der Waals surface area (Å²) in [4.78, 5) is 8.71. The Hall–Kier alpha value is -3.18. The monoisotopic (exact) mass is 388 g/mol. The van der Waals surface area contributed by atoms with Crippen LogP contribution in [0.4, 0.5) is 0 Å². The summed E-state index contributed by atoms with van der Waals surface area (Å²) in [7, 11) is 0. The lowest BCUT2D eigenvalue weighted by molar-refractivity contribution is 0.172. The van der Waals surface area contributed by atoms with Crippen LogP contribution < -0.4 is 4.74 Å². The number of ether oxygens (including phenoxy) is 1. The maximum atomic E-state index is 9.33. The van der Waals surface area contributed by atoms with Gasteiger partial charge in [0.15, 0.2) is 0 Å². The summed E-state index contributed by atoms with van der Waals surface area (Å²) < 4.78 is 12.1. The van der Waals surface area contributed by atoms with E-state index in [4.69, 9.17) is 9.15 Å². The smallest absolute Gasteiger partial charge is 0.234 e. The van der Waals surface area contributed by atoms with Crippen LogP contribution in [-0.4, -0.2) is 28.3 Å². The Balaban J connectivity index is 1.92. The third-order valence-corrected chi connectivity index (χ3v) is 4.96. The summed E-state index contributed by atoms with van der Waals surface area (Å²) >= 11 is 0. The first-order valence-corrected chi connectivity index (χ1v) is 9.87. The molecule has 0 saturated carbocycles. The van der Waals surface area contributed by atoms with Crippen molar-refractivity contribution in [1.82, 2.24) is 9.97 Å². The van der Waals surface area contributed by atoms with E-state index in [2.05, 4.69) is 41.2 Å². The topological polar surface area (TPSA) is 68.4 Å². The molecule has 0 spiro atoms. The average Bonchev–Trinajstić information content (AvgIpc) is 3.18. The normalized spacial score (nSPS) is 12.2. The minimum absolute atomic E-state index is 0.00722. The summed E-state index contributed by atoms with van der Waals surface area (Å²) in [5.41, 5.74) is 4.66. The van der Waals surface area contributed by atoms with Crippen molar-refractivity contribution in [2.45, 2.75) is 20.3 Å². The number of rotatable bonds is 7. The van der Waals surface area contributed by atoms with Crippen LogP contribution in [0.5, 0.6) is 5.88 Å². The fraction of sp³-hybridized carbons (Fsp3) is 0.250. The Kier molecular flexibility index (Phi) is 5.58. The third-order valence-electron chi connectivity index (χ3n) is 4.96. The lowest BCUT2D eigenvalue weighted by atomic mass is 9.98. The van der Waals surface area contributed by atoms with E-state index in [-0.39, 0.29) is 12.5 Å². The Labute approximate surface area is 170 Å². The van der Waals surface area contributed by atoms with Crippen LogP contribution in [0.3, 0.4) is 0 Å². The molecule has 1 atom stereocenters. The SMILES string of the molecule is CCc1ccc(-c2c(-c3ccccc3)oc3ncnc(OC[C@H](C)CO)c23)cc1. The first-order valence-electron chi connectivity index (χ1n) is 9.87. The van der Waals surface area contributed by atoms with Gasteiger partial charge in [-0.25, -0.2) is 9.97 Å². The second-order valence-electron chi connectivity index (χ2n) is 7.18. The number of nitrogens with zero attached hydrogens (tertiary/aromatic N) is 2. The number of fused-ring (bicyclic) bond motifs is 1. The molecule has 0 fully saturated rings. The van der Waals surface area contributed by atoms with Crippen LogP contribution in [-0.2, 0) is 6.42 Å². The molecule has 29 heavy (non-hydrogen) atoms. The third kappa shape index (κ3) is 3.87. The molecule has 0 saturated heterocycles. The number of hydrogen-bond acceptors (Lipinski definition) is 5. The van der Waals surface area contributed by atoms with Gasteiger partial charge in [-0.1, -0.05) is 68.4 Å². The van der Waals surface area contributed by atoms with Gasteiger partial charge >= 0.3 is 0 Å². The van der Waals surface area contributed by atoms with Crippen LogP contribution >= 0.6 is 0 Å². The zero-order valence-corrected chi connectivity index (χ0v) is 16.6. The van der Waals surface area contributed by atoms with Gasteiger partial charge < -0.3 is 14.3 Å². The molecule has 4 aromatic rings. The Morgan fingerprint density at radius 3 is 2.45 bits per heavy atom. The molecule has 4 rings (SSSR count). The van der Waals surface area contributed by atoms with Crippen molar-refractivity contribution in [2.24, 2.45) is 5.92 Å². The molecular weight excluding hydrogens is 364 g/mol. The van der Waals surface area contributed by atoms with Crippen molar-refractivity contribution < 1.29 is 14.3 Å². The molecule has 0 aliphatic rings. The molecule has 2 heterocycles. The largest absolute Gasteiger partial charge is 0.477 e. The van der Waals surface area contributed by atoms with Gasteiger partial charge in [-0.15, -0.1) is 0 Å². The molecule has 148 valence electrons.